The molecule has 0 saturated heterocycles. The Bertz CT molecular complexity index is 723. The van der Waals surface area contributed by atoms with E-state index in [2.05, 4.69) is 44.2 Å². The second-order valence-corrected chi connectivity index (χ2v) is 5.98. The third-order valence-electron chi connectivity index (χ3n) is 3.60. The molecule has 3 aromatic rings. The lowest BCUT2D eigenvalue weighted by atomic mass is 10.0. The molecular weight excluding hydrogens is 252 g/mol. The first kappa shape index (κ1) is 12.2. The number of methoxy groups -OCH3 is 1. The van der Waals surface area contributed by atoms with Crippen molar-refractivity contribution in [2.45, 2.75) is 13.8 Å². The maximum absolute atomic E-state index is 5.20. The van der Waals surface area contributed by atoms with E-state index >= 15 is 0 Å². The minimum atomic E-state index is 0.896. The Hall–Kier alpha value is -1.80. The van der Waals surface area contributed by atoms with Gasteiger partial charge in [-0.1, -0.05) is 24.3 Å². The maximum Gasteiger partial charge on any atom is 0.118 e. The molecule has 0 saturated carbocycles. The molecule has 1 nitrogen and oxygen atoms in total. The Labute approximate surface area is 117 Å². The Balaban J connectivity index is 2.09. The predicted molar refractivity (Wildman–Crippen MR) is 83.3 cm³/mol. The van der Waals surface area contributed by atoms with Crippen LogP contribution in [0.2, 0.25) is 0 Å². The SMILES string of the molecule is COc1ccc(-c2ccc3c(C)c(C)sc3c2)cc1. The first-order chi connectivity index (χ1) is 9.19. The fourth-order valence-electron chi connectivity index (χ4n) is 2.31. The molecule has 0 aliphatic rings. The number of hydrogen-bond acceptors (Lipinski definition) is 2. The van der Waals surface area contributed by atoms with E-state index < -0.39 is 0 Å². The van der Waals surface area contributed by atoms with Crippen molar-refractivity contribution in [3.05, 3.63) is 52.9 Å². The molecule has 0 radical (unpaired) electrons. The van der Waals surface area contributed by atoms with Crippen LogP contribution in [0.5, 0.6) is 5.75 Å². The van der Waals surface area contributed by atoms with E-state index in [9.17, 15) is 0 Å². The summed E-state index contributed by atoms with van der Waals surface area (Å²) in [6.07, 6.45) is 0. The van der Waals surface area contributed by atoms with Crippen molar-refractivity contribution in [3.8, 4) is 16.9 Å². The van der Waals surface area contributed by atoms with E-state index in [1.54, 1.807) is 7.11 Å². The molecule has 19 heavy (non-hydrogen) atoms. The van der Waals surface area contributed by atoms with Gasteiger partial charge in [-0.15, -0.1) is 11.3 Å². The number of benzene rings is 2. The Kier molecular flexibility index (Phi) is 3.03. The summed E-state index contributed by atoms with van der Waals surface area (Å²) >= 11 is 1.87. The second kappa shape index (κ2) is 4.71. The van der Waals surface area contributed by atoms with Gasteiger partial charge in [-0.25, -0.2) is 0 Å². The van der Waals surface area contributed by atoms with Crippen molar-refractivity contribution in [2.24, 2.45) is 0 Å². The van der Waals surface area contributed by atoms with Gasteiger partial charge in [0, 0.05) is 9.58 Å². The summed E-state index contributed by atoms with van der Waals surface area (Å²) in [6.45, 7) is 4.38. The molecule has 0 fully saturated rings. The summed E-state index contributed by atoms with van der Waals surface area (Å²) in [5.74, 6) is 0.896. The van der Waals surface area contributed by atoms with Crippen LogP contribution in [0.15, 0.2) is 42.5 Å². The van der Waals surface area contributed by atoms with Gasteiger partial charge in [-0.3, -0.25) is 0 Å². The van der Waals surface area contributed by atoms with Gasteiger partial charge < -0.3 is 4.74 Å². The number of rotatable bonds is 2. The van der Waals surface area contributed by atoms with Crippen molar-refractivity contribution in [1.82, 2.24) is 0 Å². The summed E-state index contributed by atoms with van der Waals surface area (Å²) in [6, 6.07) is 14.9. The minimum Gasteiger partial charge on any atom is -0.497 e. The minimum absolute atomic E-state index is 0.896. The van der Waals surface area contributed by atoms with Crippen LogP contribution in [0.25, 0.3) is 21.2 Å². The molecule has 2 heteroatoms. The normalized spacial score (nSPS) is 10.9. The van der Waals surface area contributed by atoms with Gasteiger partial charge in [0.25, 0.3) is 0 Å². The molecule has 96 valence electrons. The van der Waals surface area contributed by atoms with Gasteiger partial charge in [0.1, 0.15) is 5.75 Å². The number of hydrogen-bond donors (Lipinski definition) is 0. The van der Waals surface area contributed by atoms with E-state index in [0.29, 0.717) is 0 Å². The number of fused-ring (bicyclic) bond motifs is 1. The van der Waals surface area contributed by atoms with Crippen LogP contribution >= 0.6 is 11.3 Å². The van der Waals surface area contributed by atoms with E-state index in [1.807, 2.05) is 23.5 Å². The Morgan fingerprint density at radius 3 is 2.26 bits per heavy atom. The number of thiophene rings is 1. The quantitative estimate of drug-likeness (QED) is 0.621. The molecule has 0 amide bonds. The van der Waals surface area contributed by atoms with Gasteiger partial charge in [-0.05, 0) is 54.1 Å². The molecule has 1 aromatic heterocycles. The molecule has 0 aliphatic heterocycles. The van der Waals surface area contributed by atoms with Gasteiger partial charge in [0.2, 0.25) is 0 Å². The molecule has 0 unspecified atom stereocenters. The molecule has 0 spiro atoms. The Morgan fingerprint density at radius 2 is 1.58 bits per heavy atom. The van der Waals surface area contributed by atoms with E-state index in [-0.39, 0.29) is 0 Å². The van der Waals surface area contributed by atoms with Crippen molar-refractivity contribution < 1.29 is 4.74 Å². The molecule has 3 rings (SSSR count). The summed E-state index contributed by atoms with van der Waals surface area (Å²) in [5.41, 5.74) is 3.89. The average molecular weight is 268 g/mol. The standard InChI is InChI=1S/C17H16OS/c1-11-12(2)19-17-10-14(6-9-16(11)17)13-4-7-15(18-3)8-5-13/h4-10H,1-3H3. The molecule has 0 aliphatic carbocycles. The zero-order chi connectivity index (χ0) is 13.4. The monoisotopic (exact) mass is 268 g/mol. The zero-order valence-electron chi connectivity index (χ0n) is 11.4. The second-order valence-electron chi connectivity index (χ2n) is 4.72. The predicted octanol–water partition coefficient (Wildman–Crippen LogP) is 5.19. The fourth-order valence-corrected chi connectivity index (χ4v) is 3.42. The lowest BCUT2D eigenvalue weighted by Crippen LogP contribution is -1.82. The van der Waals surface area contributed by atoms with Gasteiger partial charge in [0.15, 0.2) is 0 Å². The largest absolute Gasteiger partial charge is 0.497 e. The van der Waals surface area contributed by atoms with Crippen LogP contribution in [-0.4, -0.2) is 7.11 Å². The van der Waals surface area contributed by atoms with Crippen molar-refractivity contribution in [1.29, 1.82) is 0 Å². The molecule has 0 N–H and O–H groups in total. The highest BCUT2D eigenvalue weighted by molar-refractivity contribution is 7.19. The highest BCUT2D eigenvalue weighted by Crippen LogP contribution is 2.33. The lowest BCUT2D eigenvalue weighted by molar-refractivity contribution is 0.415. The molecule has 0 atom stereocenters. The zero-order valence-corrected chi connectivity index (χ0v) is 12.2. The van der Waals surface area contributed by atoms with Crippen LogP contribution in [0, 0.1) is 13.8 Å². The number of aryl methyl sites for hydroxylation is 2. The first-order valence-electron chi connectivity index (χ1n) is 6.33. The first-order valence-corrected chi connectivity index (χ1v) is 7.15. The maximum atomic E-state index is 5.20. The third kappa shape index (κ3) is 2.13. The average Bonchev–Trinajstić information content (AvgIpc) is 2.74. The van der Waals surface area contributed by atoms with Gasteiger partial charge >= 0.3 is 0 Å². The Morgan fingerprint density at radius 1 is 0.895 bits per heavy atom. The topological polar surface area (TPSA) is 9.23 Å². The molecule has 1 heterocycles. The van der Waals surface area contributed by atoms with E-state index in [4.69, 9.17) is 4.74 Å². The van der Waals surface area contributed by atoms with E-state index in [0.717, 1.165) is 5.75 Å². The summed E-state index contributed by atoms with van der Waals surface area (Å²) < 4.78 is 6.56. The van der Waals surface area contributed by atoms with Crippen LogP contribution in [0.4, 0.5) is 0 Å². The summed E-state index contributed by atoms with van der Waals surface area (Å²) in [4.78, 5) is 1.40. The van der Waals surface area contributed by atoms with Crippen LogP contribution in [-0.2, 0) is 0 Å². The van der Waals surface area contributed by atoms with Crippen LogP contribution < -0.4 is 4.74 Å². The van der Waals surface area contributed by atoms with Crippen LogP contribution in [0.3, 0.4) is 0 Å². The molecule has 2 aromatic carbocycles. The highest BCUT2D eigenvalue weighted by Gasteiger charge is 2.06. The fraction of sp³-hybridized carbons (Fsp3) is 0.176. The molecule has 0 bridgehead atoms. The lowest BCUT2D eigenvalue weighted by Gasteiger charge is -2.04. The van der Waals surface area contributed by atoms with Crippen LogP contribution in [0.1, 0.15) is 10.4 Å². The van der Waals surface area contributed by atoms with Crippen molar-refractivity contribution >= 4 is 21.4 Å². The van der Waals surface area contributed by atoms with Gasteiger partial charge in [-0.2, -0.15) is 0 Å². The number of ether oxygens (including phenoxy) is 1. The third-order valence-corrected chi connectivity index (χ3v) is 4.77. The highest BCUT2D eigenvalue weighted by atomic mass is 32.1. The summed E-state index contributed by atoms with van der Waals surface area (Å²) in [5, 5.41) is 1.37. The smallest absolute Gasteiger partial charge is 0.118 e. The van der Waals surface area contributed by atoms with Gasteiger partial charge in [0.05, 0.1) is 7.11 Å². The van der Waals surface area contributed by atoms with Crippen molar-refractivity contribution in [3.63, 3.8) is 0 Å². The van der Waals surface area contributed by atoms with E-state index in [1.165, 1.54) is 31.7 Å². The molecular formula is C17H16OS. The van der Waals surface area contributed by atoms with Crippen molar-refractivity contribution in [2.75, 3.05) is 7.11 Å². The summed E-state index contributed by atoms with van der Waals surface area (Å²) in [7, 11) is 1.69.